The summed E-state index contributed by atoms with van der Waals surface area (Å²) in [5.74, 6) is -0.287. The lowest BCUT2D eigenvalue weighted by Crippen LogP contribution is -3.00. The molecule has 2 heterocycles. The van der Waals surface area contributed by atoms with Crippen LogP contribution in [-0.2, 0) is 4.79 Å². The zero-order valence-corrected chi connectivity index (χ0v) is 21.7. The second kappa shape index (κ2) is 9.83. The van der Waals surface area contributed by atoms with Crippen molar-refractivity contribution in [3.63, 3.8) is 0 Å². The summed E-state index contributed by atoms with van der Waals surface area (Å²) >= 11 is 18.7. The number of amides is 1. The Labute approximate surface area is 214 Å². The summed E-state index contributed by atoms with van der Waals surface area (Å²) in [6, 6.07) is 12.7. The lowest BCUT2D eigenvalue weighted by molar-refractivity contribution is -0.931. The van der Waals surface area contributed by atoms with E-state index >= 15 is 0 Å². The summed E-state index contributed by atoms with van der Waals surface area (Å²) in [7, 11) is 2.05. The van der Waals surface area contributed by atoms with Gasteiger partial charge in [0.05, 0.1) is 23.8 Å². The maximum absolute atomic E-state index is 13.2. The van der Waals surface area contributed by atoms with Gasteiger partial charge in [-0.2, -0.15) is 10.5 Å². The lowest BCUT2D eigenvalue weighted by Gasteiger charge is -2.29. The summed E-state index contributed by atoms with van der Waals surface area (Å²) in [5, 5.41) is 8.27. The van der Waals surface area contributed by atoms with Crippen LogP contribution >= 0.6 is 34.8 Å². The van der Waals surface area contributed by atoms with Gasteiger partial charge in [-0.3, -0.25) is 9.80 Å². The molecule has 0 bridgehead atoms. The molecule has 5 nitrogen and oxygen atoms in total. The van der Waals surface area contributed by atoms with Crippen LogP contribution in [0.15, 0.2) is 47.6 Å². The summed E-state index contributed by atoms with van der Waals surface area (Å²) in [5.41, 5.74) is 5.37. The minimum Gasteiger partial charge on any atom is -1.00 e. The van der Waals surface area contributed by atoms with Crippen LogP contribution in [0.5, 0.6) is 0 Å². The molecule has 0 aromatic heterocycles. The van der Waals surface area contributed by atoms with E-state index in [4.69, 9.17) is 39.9 Å². The molecule has 2 aliphatic rings. The minimum atomic E-state index is -0.189. The molecule has 4 rings (SSSR count). The number of likely N-dealkylation sites (tertiary alicyclic amines) is 1. The molecular formula is C22H24Cl3IN4O. The van der Waals surface area contributed by atoms with Crippen molar-refractivity contribution >= 4 is 52.1 Å². The number of benzene rings is 2. The molecule has 31 heavy (non-hydrogen) atoms. The standard InChI is InChI=1S/C22H23Cl3N4O.HI/c1-14-20(22(30)27-29(2)11-3-4-12-29)26-28(19-10-9-17(24)13-18(19)25)21(14)15-5-7-16(23)8-6-15;/h5-10,13-14,21H,3-4,11-12H2,1-2H3;1H/t14-,21+;/m1./s1. The second-order valence-electron chi connectivity index (χ2n) is 8.20. The van der Waals surface area contributed by atoms with Crippen LogP contribution in [0, 0.1) is 5.92 Å². The molecule has 2 atom stereocenters. The molecule has 0 spiro atoms. The first kappa shape index (κ1) is 24.6. The molecule has 1 saturated heterocycles. The number of rotatable bonds is 4. The van der Waals surface area contributed by atoms with Crippen molar-refractivity contribution in [1.82, 2.24) is 5.43 Å². The summed E-state index contributed by atoms with van der Waals surface area (Å²) in [6.45, 7) is 3.88. The van der Waals surface area contributed by atoms with Crippen molar-refractivity contribution in [2.24, 2.45) is 11.0 Å². The normalized spacial score (nSPS) is 22.1. The molecule has 0 radical (unpaired) electrons. The maximum Gasteiger partial charge on any atom is 0.312 e. The van der Waals surface area contributed by atoms with Gasteiger partial charge >= 0.3 is 5.91 Å². The van der Waals surface area contributed by atoms with Gasteiger partial charge < -0.3 is 24.0 Å². The second-order valence-corrected chi connectivity index (χ2v) is 9.48. The van der Waals surface area contributed by atoms with Gasteiger partial charge in [-0.25, -0.2) is 4.59 Å². The average Bonchev–Trinajstić information content (AvgIpc) is 3.26. The fraction of sp³-hybridized carbons (Fsp3) is 0.364. The van der Waals surface area contributed by atoms with Crippen LogP contribution in [0.25, 0.3) is 0 Å². The van der Waals surface area contributed by atoms with Crippen LogP contribution in [0.1, 0.15) is 31.4 Å². The van der Waals surface area contributed by atoms with Crippen molar-refractivity contribution in [2.45, 2.75) is 25.8 Å². The van der Waals surface area contributed by atoms with E-state index in [2.05, 4.69) is 12.5 Å². The maximum atomic E-state index is 13.2. The highest BCUT2D eigenvalue weighted by atomic mass is 127. The van der Waals surface area contributed by atoms with Crippen molar-refractivity contribution < 1.29 is 33.4 Å². The number of hydrogen-bond acceptors (Lipinski definition) is 3. The Kier molecular flexibility index (Phi) is 7.79. The number of nitrogens with zero attached hydrogens (tertiary/aromatic N) is 3. The van der Waals surface area contributed by atoms with Gasteiger partial charge in [0.15, 0.2) is 0 Å². The third-order valence-electron chi connectivity index (χ3n) is 5.91. The highest BCUT2D eigenvalue weighted by Crippen LogP contribution is 2.42. The highest BCUT2D eigenvalue weighted by molar-refractivity contribution is 6.40. The Morgan fingerprint density at radius 3 is 2.29 bits per heavy atom. The van der Waals surface area contributed by atoms with Crippen molar-refractivity contribution in [1.29, 1.82) is 0 Å². The molecule has 2 aromatic carbocycles. The number of hydrazone groups is 1. The first-order valence-corrected chi connectivity index (χ1v) is 11.2. The number of quaternary nitrogens is 1. The van der Waals surface area contributed by atoms with E-state index in [1.807, 2.05) is 42.3 Å². The van der Waals surface area contributed by atoms with Crippen LogP contribution in [0.4, 0.5) is 5.69 Å². The van der Waals surface area contributed by atoms with Crippen LogP contribution in [0.2, 0.25) is 15.1 Å². The Bertz CT molecular complexity index is 993. The SMILES string of the molecule is C[C@@H]1C(C(=O)N[N+]2(C)CCCC2)=NN(c2ccc(Cl)cc2Cl)[C@@H]1c1ccc(Cl)cc1.[I-]. The molecule has 166 valence electrons. The molecule has 1 amide bonds. The highest BCUT2D eigenvalue weighted by Gasteiger charge is 2.42. The lowest BCUT2D eigenvalue weighted by atomic mass is 9.91. The molecule has 0 unspecified atom stereocenters. The van der Waals surface area contributed by atoms with Crippen LogP contribution < -0.4 is 34.4 Å². The van der Waals surface area contributed by atoms with E-state index in [0.29, 0.717) is 31.1 Å². The monoisotopic (exact) mass is 592 g/mol. The van der Waals surface area contributed by atoms with E-state index in [1.54, 1.807) is 12.1 Å². The van der Waals surface area contributed by atoms with E-state index in [0.717, 1.165) is 31.5 Å². The summed E-state index contributed by atoms with van der Waals surface area (Å²) in [4.78, 5) is 13.2. The van der Waals surface area contributed by atoms with Gasteiger partial charge in [0.1, 0.15) is 18.8 Å². The largest absolute Gasteiger partial charge is 1.00 e. The third kappa shape index (κ3) is 5.14. The number of nitrogens with one attached hydrogen (secondary N) is 1. The van der Waals surface area contributed by atoms with E-state index in [-0.39, 0.29) is 41.8 Å². The van der Waals surface area contributed by atoms with Crippen molar-refractivity contribution in [3.8, 4) is 0 Å². The van der Waals surface area contributed by atoms with Crippen LogP contribution in [0.3, 0.4) is 0 Å². The first-order valence-electron chi connectivity index (χ1n) is 10.0. The topological polar surface area (TPSA) is 44.7 Å². The Hall–Kier alpha value is -1.06. The van der Waals surface area contributed by atoms with E-state index in [9.17, 15) is 4.79 Å². The molecule has 1 N–H and O–H groups in total. The van der Waals surface area contributed by atoms with E-state index < -0.39 is 0 Å². The average molecular weight is 594 g/mol. The molecular weight excluding hydrogens is 570 g/mol. The van der Waals surface area contributed by atoms with Gasteiger partial charge in [-0.1, -0.05) is 53.9 Å². The summed E-state index contributed by atoms with van der Waals surface area (Å²) < 4.78 is 0.540. The summed E-state index contributed by atoms with van der Waals surface area (Å²) in [6.07, 6.45) is 2.22. The fourth-order valence-corrected chi connectivity index (χ4v) is 4.91. The Morgan fingerprint density at radius 2 is 1.68 bits per heavy atom. The molecule has 0 aliphatic carbocycles. The van der Waals surface area contributed by atoms with Gasteiger partial charge in [-0.05, 0) is 35.9 Å². The number of carbonyl (C=O) groups is 1. The number of carbonyl (C=O) groups excluding carboxylic acids is 1. The number of hydrogen-bond donors (Lipinski definition) is 1. The molecule has 1 fully saturated rings. The molecule has 9 heteroatoms. The quantitative estimate of drug-likeness (QED) is 0.438. The predicted octanol–water partition coefficient (Wildman–Crippen LogP) is 2.48. The van der Waals surface area contributed by atoms with E-state index in [1.165, 1.54) is 0 Å². The minimum absolute atomic E-state index is 0. The van der Waals surface area contributed by atoms with Gasteiger partial charge in [0, 0.05) is 28.8 Å². The third-order valence-corrected chi connectivity index (χ3v) is 6.70. The number of halogens is 4. The molecule has 0 saturated carbocycles. The molecule has 2 aliphatic heterocycles. The van der Waals surface area contributed by atoms with Crippen LogP contribution in [-0.4, -0.2) is 36.3 Å². The Balaban J connectivity index is 0.00000272. The predicted molar refractivity (Wildman–Crippen MR) is 123 cm³/mol. The smallest absolute Gasteiger partial charge is 0.312 e. The van der Waals surface area contributed by atoms with Gasteiger partial charge in [0.2, 0.25) is 0 Å². The number of anilines is 1. The fourth-order valence-electron chi connectivity index (χ4n) is 4.29. The zero-order valence-electron chi connectivity index (χ0n) is 17.3. The van der Waals surface area contributed by atoms with Crippen molar-refractivity contribution in [2.75, 3.05) is 25.1 Å². The van der Waals surface area contributed by atoms with Gasteiger partial charge in [0.25, 0.3) is 0 Å². The first-order chi connectivity index (χ1) is 14.3. The Morgan fingerprint density at radius 1 is 1.06 bits per heavy atom. The molecule has 2 aromatic rings. The zero-order chi connectivity index (χ0) is 21.5. The van der Waals surface area contributed by atoms with Gasteiger partial charge in [-0.15, -0.1) is 0 Å². The van der Waals surface area contributed by atoms with Crippen molar-refractivity contribution in [3.05, 3.63) is 63.1 Å².